The molecule has 1 saturated heterocycles. The molecule has 2 aromatic carbocycles. The van der Waals surface area contributed by atoms with Gasteiger partial charge in [-0.3, -0.25) is 0 Å². The molecular weight excluding hydrogens is 322 g/mol. The summed E-state index contributed by atoms with van der Waals surface area (Å²) in [5.41, 5.74) is 8.60. The average molecular weight is 347 g/mol. The highest BCUT2D eigenvalue weighted by molar-refractivity contribution is 5.77. The number of piperidine rings is 1. The van der Waals surface area contributed by atoms with E-state index in [1.54, 1.807) is 5.56 Å². The summed E-state index contributed by atoms with van der Waals surface area (Å²) in [7, 11) is 0. The Bertz CT molecular complexity index is 864. The van der Waals surface area contributed by atoms with Gasteiger partial charge in [-0.25, -0.2) is 0 Å². The van der Waals surface area contributed by atoms with Crippen LogP contribution < -0.4 is 15.1 Å². The van der Waals surface area contributed by atoms with E-state index >= 15 is 0 Å². The first-order chi connectivity index (χ1) is 12.9. The number of rotatable bonds is 1. The molecule has 0 spiro atoms. The van der Waals surface area contributed by atoms with Crippen LogP contribution in [0, 0.1) is 0 Å². The maximum atomic E-state index is 5.97. The third kappa shape index (κ3) is 2.09. The molecule has 0 radical (unpaired) electrons. The zero-order chi connectivity index (χ0) is 17.1. The van der Waals surface area contributed by atoms with Gasteiger partial charge in [-0.05, 0) is 48.7 Å². The lowest BCUT2D eigenvalue weighted by molar-refractivity contribution is 0.130. The van der Waals surface area contributed by atoms with Crippen molar-refractivity contribution in [2.75, 3.05) is 42.6 Å². The number of fused-ring (bicyclic) bond motifs is 4. The second-order valence-electron chi connectivity index (χ2n) is 7.99. The Balaban J connectivity index is 1.49. The summed E-state index contributed by atoms with van der Waals surface area (Å²) in [5, 5.41) is 3.63. The van der Waals surface area contributed by atoms with Gasteiger partial charge >= 0.3 is 0 Å². The predicted molar refractivity (Wildman–Crippen MR) is 105 cm³/mol. The summed E-state index contributed by atoms with van der Waals surface area (Å²) >= 11 is 0. The van der Waals surface area contributed by atoms with Crippen molar-refractivity contribution in [2.45, 2.75) is 31.4 Å². The normalized spacial score (nSPS) is 26.3. The number of nitrogens with one attached hydrogen (secondary N) is 1. The molecule has 4 heteroatoms. The molecule has 0 bridgehead atoms. The number of nitrogens with zero attached hydrogens (tertiary/aromatic N) is 2. The average Bonchev–Trinajstić information content (AvgIpc) is 3.17. The van der Waals surface area contributed by atoms with Gasteiger partial charge in [0.2, 0.25) is 0 Å². The summed E-state index contributed by atoms with van der Waals surface area (Å²) in [6, 6.07) is 14.4. The van der Waals surface area contributed by atoms with Crippen molar-refractivity contribution in [2.24, 2.45) is 0 Å². The van der Waals surface area contributed by atoms with Gasteiger partial charge in [0.05, 0.1) is 13.2 Å². The lowest BCUT2D eigenvalue weighted by Crippen LogP contribution is -2.44. The maximum Gasteiger partial charge on any atom is 0.0738 e. The first-order valence-corrected chi connectivity index (χ1v) is 9.97. The predicted octanol–water partition coefficient (Wildman–Crippen LogP) is 3.18. The minimum atomic E-state index is 0.619. The number of ether oxygens (including phenoxy) is 1. The quantitative estimate of drug-likeness (QED) is 0.857. The van der Waals surface area contributed by atoms with E-state index in [-0.39, 0.29) is 0 Å². The Morgan fingerprint density at radius 1 is 1.08 bits per heavy atom. The summed E-state index contributed by atoms with van der Waals surface area (Å²) in [6.45, 7) is 5.94. The largest absolute Gasteiger partial charge is 0.375 e. The van der Waals surface area contributed by atoms with Crippen molar-refractivity contribution in [1.29, 1.82) is 0 Å². The zero-order valence-corrected chi connectivity index (χ0v) is 15.1. The van der Waals surface area contributed by atoms with Crippen LogP contribution in [0.25, 0.3) is 0 Å². The lowest BCUT2D eigenvalue weighted by Gasteiger charge is -2.33. The number of anilines is 3. The fourth-order valence-corrected chi connectivity index (χ4v) is 5.53. The Hall–Kier alpha value is -2.04. The van der Waals surface area contributed by atoms with Crippen LogP contribution in [-0.2, 0) is 17.8 Å². The number of hydrogen-bond acceptors (Lipinski definition) is 4. The molecule has 0 aliphatic carbocycles. The first-order valence-electron chi connectivity index (χ1n) is 9.97. The molecule has 26 heavy (non-hydrogen) atoms. The van der Waals surface area contributed by atoms with Crippen molar-refractivity contribution in [1.82, 2.24) is 5.32 Å². The molecule has 2 aromatic rings. The van der Waals surface area contributed by atoms with E-state index in [4.69, 9.17) is 4.74 Å². The molecule has 0 aromatic heterocycles. The topological polar surface area (TPSA) is 27.7 Å². The van der Waals surface area contributed by atoms with Gasteiger partial charge in [0.1, 0.15) is 0 Å². The highest BCUT2D eigenvalue weighted by atomic mass is 16.5. The third-order valence-electron chi connectivity index (χ3n) is 6.67. The van der Waals surface area contributed by atoms with Crippen LogP contribution in [0.5, 0.6) is 0 Å². The molecule has 4 heterocycles. The van der Waals surface area contributed by atoms with Gasteiger partial charge in [-0.15, -0.1) is 0 Å². The zero-order valence-electron chi connectivity index (χ0n) is 15.1. The second-order valence-corrected chi connectivity index (χ2v) is 7.99. The van der Waals surface area contributed by atoms with Crippen LogP contribution in [0.1, 0.15) is 29.0 Å². The van der Waals surface area contributed by atoms with Crippen LogP contribution in [0.2, 0.25) is 0 Å². The smallest absolute Gasteiger partial charge is 0.0738 e. The minimum Gasteiger partial charge on any atom is -0.375 e. The molecule has 6 rings (SSSR count). The SMILES string of the molecule is c1ccc2c(c1)CCN2c1cc2c3c(c1)[C@@H]1CNCC[C@@H]1N3CCOC2. The molecule has 4 nitrogen and oxygen atoms in total. The molecule has 1 fully saturated rings. The van der Waals surface area contributed by atoms with E-state index < -0.39 is 0 Å². The Kier molecular flexibility index (Phi) is 3.32. The van der Waals surface area contributed by atoms with Crippen molar-refractivity contribution < 1.29 is 4.74 Å². The molecule has 4 aliphatic rings. The van der Waals surface area contributed by atoms with Crippen LogP contribution in [0.3, 0.4) is 0 Å². The van der Waals surface area contributed by atoms with Crippen molar-refractivity contribution in [3.8, 4) is 0 Å². The molecule has 0 unspecified atom stereocenters. The van der Waals surface area contributed by atoms with E-state index in [2.05, 4.69) is 51.5 Å². The van der Waals surface area contributed by atoms with E-state index in [0.29, 0.717) is 12.0 Å². The maximum absolute atomic E-state index is 5.97. The Morgan fingerprint density at radius 3 is 3.04 bits per heavy atom. The highest BCUT2D eigenvalue weighted by Crippen LogP contribution is 2.49. The monoisotopic (exact) mass is 347 g/mol. The highest BCUT2D eigenvalue weighted by Gasteiger charge is 2.42. The van der Waals surface area contributed by atoms with Gasteiger partial charge in [-0.1, -0.05) is 18.2 Å². The lowest BCUT2D eigenvalue weighted by atomic mass is 9.89. The number of benzene rings is 2. The molecular formula is C22H25N3O. The van der Waals surface area contributed by atoms with Crippen molar-refractivity contribution in [3.05, 3.63) is 53.1 Å². The number of hydrogen-bond donors (Lipinski definition) is 1. The molecule has 0 amide bonds. The van der Waals surface area contributed by atoms with Crippen LogP contribution >= 0.6 is 0 Å². The molecule has 1 N–H and O–H groups in total. The van der Waals surface area contributed by atoms with Crippen LogP contribution in [-0.4, -0.2) is 38.8 Å². The van der Waals surface area contributed by atoms with Gasteiger partial charge in [0, 0.05) is 54.2 Å². The van der Waals surface area contributed by atoms with Gasteiger partial charge in [0.25, 0.3) is 0 Å². The molecule has 134 valence electrons. The Morgan fingerprint density at radius 2 is 2.04 bits per heavy atom. The molecule has 0 saturated carbocycles. The Labute approximate surface area is 154 Å². The first kappa shape index (κ1) is 15.1. The fraction of sp³-hybridized carbons (Fsp3) is 0.455. The minimum absolute atomic E-state index is 0.619. The van der Waals surface area contributed by atoms with Crippen molar-refractivity contribution in [3.63, 3.8) is 0 Å². The molecule has 2 atom stereocenters. The standard InChI is InChI=1S/C22H25N3O/c1-2-4-20-15(3-1)6-8-24(20)17-11-16-14-26-10-9-25-21-5-7-23-13-19(21)18(12-17)22(16)25/h1-4,11-12,19,21,23H,5-10,13-14H2/t19-,21-/m0/s1. The van der Waals surface area contributed by atoms with Crippen molar-refractivity contribution >= 4 is 17.1 Å². The van der Waals surface area contributed by atoms with E-state index in [1.807, 2.05) is 0 Å². The van der Waals surface area contributed by atoms with Gasteiger partial charge in [-0.2, -0.15) is 0 Å². The fourth-order valence-electron chi connectivity index (χ4n) is 5.53. The van der Waals surface area contributed by atoms with E-state index in [1.165, 1.54) is 34.6 Å². The second kappa shape index (κ2) is 5.73. The van der Waals surface area contributed by atoms with Crippen LogP contribution in [0.15, 0.2) is 36.4 Å². The summed E-state index contributed by atoms with van der Waals surface area (Å²) in [5.74, 6) is 0.619. The molecule has 4 aliphatic heterocycles. The summed E-state index contributed by atoms with van der Waals surface area (Å²) in [6.07, 6.45) is 2.37. The van der Waals surface area contributed by atoms with Gasteiger partial charge in [0.15, 0.2) is 0 Å². The van der Waals surface area contributed by atoms with Gasteiger partial charge < -0.3 is 19.9 Å². The summed E-state index contributed by atoms with van der Waals surface area (Å²) in [4.78, 5) is 5.16. The van der Waals surface area contributed by atoms with Crippen LogP contribution in [0.4, 0.5) is 17.1 Å². The third-order valence-corrected chi connectivity index (χ3v) is 6.67. The summed E-state index contributed by atoms with van der Waals surface area (Å²) < 4.78 is 5.97. The number of para-hydroxylation sites is 1. The van der Waals surface area contributed by atoms with E-state index in [9.17, 15) is 0 Å². The van der Waals surface area contributed by atoms with E-state index in [0.717, 1.165) is 45.8 Å².